The van der Waals surface area contributed by atoms with Crippen molar-refractivity contribution >= 4 is 39.1 Å². The highest BCUT2D eigenvalue weighted by Crippen LogP contribution is 2.55. The number of carbonyl (C=O) groups excluding carboxylic acids is 2. The smallest absolute Gasteiger partial charge is 0.433 e. The van der Waals surface area contributed by atoms with Crippen LogP contribution in [-0.2, 0) is 5.67 Å². The fraction of sp³-hybridized carbons (Fsp3) is 0.231. The fourth-order valence-electron chi connectivity index (χ4n) is 3.82. The minimum absolute atomic E-state index is 0.0426. The molecule has 0 aliphatic rings. The predicted octanol–water partition coefficient (Wildman–Crippen LogP) is 8.40. The molecule has 42 heavy (non-hydrogen) atoms. The molecule has 3 rings (SSSR count). The second kappa shape index (κ2) is 12.2. The summed E-state index contributed by atoms with van der Waals surface area (Å²) in [7, 11) is 0. The molecule has 0 unspecified atom stereocenters. The van der Waals surface area contributed by atoms with Gasteiger partial charge in [0.05, 0.1) is 16.9 Å². The highest BCUT2D eigenvalue weighted by molar-refractivity contribution is 9.10. The first-order valence-corrected chi connectivity index (χ1v) is 12.3. The van der Waals surface area contributed by atoms with Gasteiger partial charge in [-0.2, -0.15) is 35.1 Å². The van der Waals surface area contributed by atoms with Crippen molar-refractivity contribution in [1.29, 1.82) is 0 Å². The average molecular weight is 675 g/mol. The first-order chi connectivity index (χ1) is 19.4. The lowest BCUT2D eigenvalue weighted by molar-refractivity contribution is -0.348. The molecule has 0 aromatic heterocycles. The van der Waals surface area contributed by atoms with E-state index in [1.807, 2.05) is 5.32 Å². The number of hydrogen-bond acceptors (Lipinski definition) is 3. The first-order valence-electron chi connectivity index (χ1n) is 11.5. The van der Waals surface area contributed by atoms with E-state index in [4.69, 9.17) is 0 Å². The maximum Gasteiger partial charge on any atom is 0.435 e. The summed E-state index contributed by atoms with van der Waals surface area (Å²) in [5.41, 5.74) is -10.2. The molecule has 0 saturated heterocycles. The van der Waals surface area contributed by atoms with Crippen molar-refractivity contribution in [2.75, 3.05) is 16.8 Å². The third kappa shape index (κ3) is 6.32. The Morgan fingerprint density at radius 3 is 2.05 bits per heavy atom. The predicted molar refractivity (Wildman–Crippen MR) is 134 cm³/mol. The number of alkyl halides is 9. The van der Waals surface area contributed by atoms with Gasteiger partial charge in [-0.1, -0.05) is 24.3 Å². The van der Waals surface area contributed by atoms with Crippen molar-refractivity contribution in [1.82, 2.24) is 0 Å². The molecule has 0 aliphatic carbocycles. The molecule has 3 aromatic rings. The highest BCUT2D eigenvalue weighted by atomic mass is 79.9. The van der Waals surface area contributed by atoms with Crippen LogP contribution < -0.4 is 15.0 Å². The van der Waals surface area contributed by atoms with Gasteiger partial charge in [0.15, 0.2) is 11.6 Å². The molecule has 0 spiro atoms. The molecule has 0 radical (unpaired) electrons. The van der Waals surface area contributed by atoms with E-state index in [0.29, 0.717) is 0 Å². The number of anilines is 2. The van der Waals surface area contributed by atoms with Gasteiger partial charge in [-0.3, -0.25) is 9.59 Å². The quantitative estimate of drug-likeness (QED) is 0.244. The Bertz CT molecular complexity index is 1450. The number of rotatable bonds is 8. The monoisotopic (exact) mass is 674 g/mol. The zero-order valence-corrected chi connectivity index (χ0v) is 22.5. The van der Waals surface area contributed by atoms with E-state index in [2.05, 4.69) is 20.7 Å². The summed E-state index contributed by atoms with van der Waals surface area (Å²) in [6.07, 6.45) is -13.2. The van der Waals surface area contributed by atoms with E-state index in [0.717, 1.165) is 23.1 Å². The maximum atomic E-state index is 15.5. The van der Waals surface area contributed by atoms with Crippen LogP contribution in [0.25, 0.3) is 0 Å². The number of nitrogens with zero attached hydrogens (tertiary/aromatic N) is 1. The molecule has 3 aromatic carbocycles. The standard InChI is InChI=1S/C26H17BrF10N2O3/c1-2-39(22(41)13-7-4-3-5-8-13)17-10-6-9-15(19(17)28)21(40)38-20-16(27)11-14(12-18(20)42-23(29)30)24(31,25(32,33)34)26(35,36)37/h3-12,23H,2H2,1H3,(H,38,40). The first kappa shape index (κ1) is 32.7. The Morgan fingerprint density at radius 1 is 0.929 bits per heavy atom. The normalized spacial score (nSPS) is 12.3. The molecule has 1 N–H and O–H groups in total. The number of halogens is 11. The van der Waals surface area contributed by atoms with Gasteiger partial charge in [-0.15, -0.1) is 0 Å². The van der Waals surface area contributed by atoms with Gasteiger partial charge in [0.2, 0.25) is 0 Å². The Balaban J connectivity index is 2.07. The molecule has 2 amide bonds. The Labute approximate surface area is 239 Å². The molecule has 0 saturated carbocycles. The van der Waals surface area contributed by atoms with Crippen molar-refractivity contribution < 1.29 is 58.2 Å². The van der Waals surface area contributed by atoms with E-state index in [-0.39, 0.29) is 29.9 Å². The number of nitrogens with one attached hydrogen (secondary N) is 1. The largest absolute Gasteiger partial charge is 0.435 e. The summed E-state index contributed by atoms with van der Waals surface area (Å²) >= 11 is 2.54. The van der Waals surface area contributed by atoms with Gasteiger partial charge in [0.25, 0.3) is 11.8 Å². The van der Waals surface area contributed by atoms with Crippen LogP contribution in [0, 0.1) is 5.82 Å². The van der Waals surface area contributed by atoms with E-state index in [1.165, 1.54) is 19.1 Å². The third-order valence-electron chi connectivity index (χ3n) is 5.78. The summed E-state index contributed by atoms with van der Waals surface area (Å²) in [6.45, 7) is -2.42. The van der Waals surface area contributed by atoms with Crippen molar-refractivity contribution in [2.45, 2.75) is 31.6 Å². The summed E-state index contributed by atoms with van der Waals surface area (Å²) in [5.74, 6) is -4.85. The van der Waals surface area contributed by atoms with Crippen molar-refractivity contribution in [3.05, 3.63) is 87.6 Å². The Morgan fingerprint density at radius 2 is 1.52 bits per heavy atom. The summed E-state index contributed by atoms with van der Waals surface area (Å²) in [6, 6.07) is 10.5. The van der Waals surface area contributed by atoms with Crippen LogP contribution in [0.4, 0.5) is 55.3 Å². The Hall–Kier alpha value is -3.82. The third-order valence-corrected chi connectivity index (χ3v) is 6.41. The lowest BCUT2D eigenvalue weighted by atomic mass is 9.93. The minimum Gasteiger partial charge on any atom is -0.433 e. The number of benzene rings is 3. The number of carbonyl (C=O) groups is 2. The SMILES string of the molecule is CCN(C(=O)c1ccccc1)c1cccc(C(=O)Nc2c(Br)cc(C(F)(C(F)(F)F)C(F)(F)F)cc2OC(F)F)c1F. The molecular formula is C26H17BrF10N2O3. The van der Waals surface area contributed by atoms with E-state index >= 15 is 4.39 Å². The van der Waals surface area contributed by atoms with Crippen molar-refractivity contribution in [2.24, 2.45) is 0 Å². The molecule has 5 nitrogen and oxygen atoms in total. The molecule has 0 aliphatic heterocycles. The lowest BCUT2D eigenvalue weighted by Gasteiger charge is -2.31. The van der Waals surface area contributed by atoms with Crippen LogP contribution in [0.1, 0.15) is 33.2 Å². The second-order valence-corrected chi connectivity index (χ2v) is 9.23. The van der Waals surface area contributed by atoms with Crippen LogP contribution in [0.15, 0.2) is 65.1 Å². The highest BCUT2D eigenvalue weighted by Gasteiger charge is 2.73. The topological polar surface area (TPSA) is 58.6 Å². The van der Waals surface area contributed by atoms with Gasteiger partial charge < -0.3 is 15.0 Å². The van der Waals surface area contributed by atoms with Gasteiger partial charge in [0, 0.05) is 22.1 Å². The molecule has 0 heterocycles. The Kier molecular flexibility index (Phi) is 9.49. The van der Waals surface area contributed by atoms with E-state index in [1.54, 1.807) is 18.2 Å². The van der Waals surface area contributed by atoms with E-state index in [9.17, 15) is 49.1 Å². The van der Waals surface area contributed by atoms with Gasteiger partial charge in [-0.25, -0.2) is 8.78 Å². The van der Waals surface area contributed by atoms with Gasteiger partial charge in [-0.05, 0) is 59.3 Å². The molecule has 16 heteroatoms. The van der Waals surface area contributed by atoms with Crippen LogP contribution >= 0.6 is 15.9 Å². The maximum absolute atomic E-state index is 15.5. The minimum atomic E-state index is -6.58. The zero-order chi connectivity index (χ0) is 31.6. The van der Waals surface area contributed by atoms with Gasteiger partial charge >= 0.3 is 24.6 Å². The zero-order valence-electron chi connectivity index (χ0n) is 20.9. The van der Waals surface area contributed by atoms with Crippen LogP contribution in [0.2, 0.25) is 0 Å². The summed E-state index contributed by atoms with van der Waals surface area (Å²) in [4.78, 5) is 26.9. The van der Waals surface area contributed by atoms with Crippen LogP contribution in [0.3, 0.4) is 0 Å². The summed E-state index contributed by atoms with van der Waals surface area (Å²) < 4.78 is 139. The number of amides is 2. The van der Waals surface area contributed by atoms with E-state index < -0.39 is 69.3 Å². The number of hydrogen-bond donors (Lipinski definition) is 1. The number of ether oxygens (including phenoxy) is 1. The lowest BCUT2D eigenvalue weighted by Crippen LogP contribution is -2.50. The molecular weight excluding hydrogens is 658 g/mol. The molecule has 226 valence electrons. The van der Waals surface area contributed by atoms with Crippen LogP contribution in [0.5, 0.6) is 5.75 Å². The second-order valence-electron chi connectivity index (χ2n) is 8.37. The molecule has 0 bridgehead atoms. The molecule has 0 fully saturated rings. The van der Waals surface area contributed by atoms with Crippen molar-refractivity contribution in [3.63, 3.8) is 0 Å². The fourth-order valence-corrected chi connectivity index (χ4v) is 4.36. The average Bonchev–Trinajstić information content (AvgIpc) is 2.90. The summed E-state index contributed by atoms with van der Waals surface area (Å²) in [5, 5.41) is 1.87. The molecule has 0 atom stereocenters. The van der Waals surface area contributed by atoms with Crippen molar-refractivity contribution in [3.8, 4) is 5.75 Å². The van der Waals surface area contributed by atoms with Gasteiger partial charge in [0.1, 0.15) is 0 Å². The van der Waals surface area contributed by atoms with Crippen LogP contribution in [-0.4, -0.2) is 37.3 Å².